The summed E-state index contributed by atoms with van der Waals surface area (Å²) in [6.07, 6.45) is 7.70. The van der Waals surface area contributed by atoms with Gasteiger partial charge in [0.1, 0.15) is 0 Å². The van der Waals surface area contributed by atoms with E-state index >= 15 is 0 Å². The maximum atomic E-state index is 12.9. The van der Waals surface area contributed by atoms with Gasteiger partial charge in [-0.1, -0.05) is 32.6 Å². The lowest BCUT2D eigenvalue weighted by molar-refractivity contribution is -0.144. The third kappa shape index (κ3) is 3.32. The molecule has 2 amide bonds. The number of hydrogen-bond donors (Lipinski definition) is 2. The molecule has 2 unspecified atom stereocenters. The standard InChI is InChI=1S/C15H27N3O2/c1-11-5-4-8-15(17,9-11)14(20)18(10-13(16)19)12-6-2-3-7-12/h11-12H,2-10,17H2,1H3,(H2,16,19). The van der Waals surface area contributed by atoms with Crippen LogP contribution in [-0.4, -0.2) is 34.8 Å². The van der Waals surface area contributed by atoms with Gasteiger partial charge >= 0.3 is 0 Å². The number of amides is 2. The number of hydrogen-bond acceptors (Lipinski definition) is 3. The lowest BCUT2D eigenvalue weighted by atomic mass is 9.76. The molecular formula is C15H27N3O2. The number of nitrogens with two attached hydrogens (primary N) is 2. The van der Waals surface area contributed by atoms with E-state index in [9.17, 15) is 9.59 Å². The molecule has 0 spiro atoms. The Kier molecular flexibility index (Phi) is 4.68. The zero-order valence-electron chi connectivity index (χ0n) is 12.4. The van der Waals surface area contributed by atoms with Crippen molar-refractivity contribution in [3.05, 3.63) is 0 Å². The van der Waals surface area contributed by atoms with Crippen molar-refractivity contribution in [2.24, 2.45) is 17.4 Å². The zero-order chi connectivity index (χ0) is 14.8. The van der Waals surface area contributed by atoms with Crippen molar-refractivity contribution in [2.75, 3.05) is 6.54 Å². The average molecular weight is 281 g/mol. The molecule has 0 aromatic carbocycles. The number of primary amides is 1. The Hall–Kier alpha value is -1.10. The summed E-state index contributed by atoms with van der Waals surface area (Å²) in [6.45, 7) is 2.15. The highest BCUT2D eigenvalue weighted by molar-refractivity contribution is 5.90. The fraction of sp³-hybridized carbons (Fsp3) is 0.867. The summed E-state index contributed by atoms with van der Waals surface area (Å²) in [5.41, 5.74) is 10.9. The van der Waals surface area contributed by atoms with Crippen molar-refractivity contribution in [3.8, 4) is 0 Å². The van der Waals surface area contributed by atoms with Gasteiger partial charge < -0.3 is 16.4 Å². The van der Waals surface area contributed by atoms with Crippen LogP contribution in [0.3, 0.4) is 0 Å². The van der Waals surface area contributed by atoms with Gasteiger partial charge in [-0.15, -0.1) is 0 Å². The van der Waals surface area contributed by atoms with E-state index < -0.39 is 11.4 Å². The van der Waals surface area contributed by atoms with Gasteiger partial charge in [0.2, 0.25) is 11.8 Å². The summed E-state index contributed by atoms with van der Waals surface area (Å²) in [6, 6.07) is 0.146. The smallest absolute Gasteiger partial charge is 0.243 e. The first-order chi connectivity index (χ1) is 9.42. The molecular weight excluding hydrogens is 254 g/mol. The predicted octanol–water partition coefficient (Wildman–Crippen LogP) is 1.15. The Balaban J connectivity index is 2.14. The van der Waals surface area contributed by atoms with E-state index in [0.717, 1.165) is 44.9 Å². The summed E-state index contributed by atoms with van der Waals surface area (Å²) in [7, 11) is 0. The lowest BCUT2D eigenvalue weighted by Crippen LogP contribution is -2.60. The van der Waals surface area contributed by atoms with Crippen LogP contribution in [0.1, 0.15) is 58.3 Å². The fourth-order valence-electron chi connectivity index (χ4n) is 3.82. The van der Waals surface area contributed by atoms with E-state index in [4.69, 9.17) is 11.5 Å². The SMILES string of the molecule is CC1CCCC(N)(C(=O)N(CC(N)=O)C2CCCC2)C1. The van der Waals surface area contributed by atoms with Crippen molar-refractivity contribution in [1.82, 2.24) is 4.90 Å². The first-order valence-electron chi connectivity index (χ1n) is 7.80. The first kappa shape index (κ1) is 15.3. The molecule has 5 heteroatoms. The zero-order valence-corrected chi connectivity index (χ0v) is 12.4. The third-order valence-electron chi connectivity index (χ3n) is 4.81. The van der Waals surface area contributed by atoms with E-state index in [1.54, 1.807) is 4.90 Å². The molecule has 0 heterocycles. The average Bonchev–Trinajstić information content (AvgIpc) is 2.88. The number of nitrogens with zero attached hydrogens (tertiary/aromatic N) is 1. The lowest BCUT2D eigenvalue weighted by Gasteiger charge is -2.40. The molecule has 0 radical (unpaired) electrons. The predicted molar refractivity (Wildman–Crippen MR) is 77.7 cm³/mol. The van der Waals surface area contributed by atoms with E-state index in [-0.39, 0.29) is 18.5 Å². The summed E-state index contributed by atoms with van der Waals surface area (Å²) < 4.78 is 0. The minimum atomic E-state index is -0.796. The largest absolute Gasteiger partial charge is 0.368 e. The van der Waals surface area contributed by atoms with Crippen molar-refractivity contribution in [2.45, 2.75) is 69.9 Å². The van der Waals surface area contributed by atoms with Crippen LogP contribution in [0, 0.1) is 5.92 Å². The molecule has 2 saturated carbocycles. The van der Waals surface area contributed by atoms with Gasteiger partial charge in [-0.05, 0) is 31.6 Å². The second-order valence-electron chi connectivity index (χ2n) is 6.70. The van der Waals surface area contributed by atoms with Crippen molar-refractivity contribution >= 4 is 11.8 Å². The van der Waals surface area contributed by atoms with Crippen molar-refractivity contribution in [1.29, 1.82) is 0 Å². The molecule has 0 aromatic heterocycles. The van der Waals surface area contributed by atoms with E-state index in [0.29, 0.717) is 12.3 Å². The Morgan fingerprint density at radius 3 is 2.40 bits per heavy atom. The normalized spacial score (nSPS) is 31.2. The van der Waals surface area contributed by atoms with E-state index in [1.807, 2.05) is 0 Å². The van der Waals surface area contributed by atoms with Crippen LogP contribution in [0.5, 0.6) is 0 Å². The van der Waals surface area contributed by atoms with Crippen LogP contribution in [0.4, 0.5) is 0 Å². The summed E-state index contributed by atoms with van der Waals surface area (Å²) in [4.78, 5) is 25.9. The molecule has 20 heavy (non-hydrogen) atoms. The molecule has 2 atom stereocenters. The number of carbonyl (C=O) groups is 2. The fourth-order valence-corrected chi connectivity index (χ4v) is 3.82. The minimum absolute atomic E-state index is 0.0107. The van der Waals surface area contributed by atoms with Gasteiger partial charge in [-0.2, -0.15) is 0 Å². The quantitative estimate of drug-likeness (QED) is 0.810. The van der Waals surface area contributed by atoms with Crippen LogP contribution >= 0.6 is 0 Å². The van der Waals surface area contributed by atoms with Gasteiger partial charge in [0.05, 0.1) is 12.1 Å². The molecule has 0 aromatic rings. The molecule has 2 rings (SSSR count). The van der Waals surface area contributed by atoms with E-state index in [1.165, 1.54) is 0 Å². The van der Waals surface area contributed by atoms with Crippen LogP contribution in [0.2, 0.25) is 0 Å². The molecule has 0 saturated heterocycles. The first-order valence-corrected chi connectivity index (χ1v) is 7.80. The van der Waals surface area contributed by atoms with Crippen LogP contribution in [0.25, 0.3) is 0 Å². The van der Waals surface area contributed by atoms with Crippen molar-refractivity contribution in [3.63, 3.8) is 0 Å². The van der Waals surface area contributed by atoms with Gasteiger partial charge in [0, 0.05) is 6.04 Å². The van der Waals surface area contributed by atoms with Crippen LogP contribution in [0.15, 0.2) is 0 Å². The van der Waals surface area contributed by atoms with Crippen LogP contribution in [-0.2, 0) is 9.59 Å². The monoisotopic (exact) mass is 281 g/mol. The highest BCUT2D eigenvalue weighted by atomic mass is 16.2. The molecule has 2 fully saturated rings. The molecule has 114 valence electrons. The topological polar surface area (TPSA) is 89.4 Å². The van der Waals surface area contributed by atoms with Crippen molar-refractivity contribution < 1.29 is 9.59 Å². The third-order valence-corrected chi connectivity index (χ3v) is 4.81. The summed E-state index contributed by atoms with van der Waals surface area (Å²) in [5.74, 6) is -0.0378. The molecule has 2 aliphatic rings. The number of carbonyl (C=O) groups excluding carboxylic acids is 2. The van der Waals surface area contributed by atoms with Gasteiger partial charge in [0.25, 0.3) is 0 Å². The second-order valence-corrected chi connectivity index (χ2v) is 6.70. The Morgan fingerprint density at radius 1 is 1.20 bits per heavy atom. The van der Waals surface area contributed by atoms with Gasteiger partial charge in [-0.25, -0.2) is 0 Å². The molecule has 2 aliphatic carbocycles. The second kappa shape index (κ2) is 6.12. The molecule has 0 bridgehead atoms. The molecule has 5 nitrogen and oxygen atoms in total. The number of rotatable bonds is 4. The highest BCUT2D eigenvalue weighted by Gasteiger charge is 2.43. The Morgan fingerprint density at radius 2 is 1.85 bits per heavy atom. The Bertz CT molecular complexity index is 379. The maximum Gasteiger partial charge on any atom is 0.243 e. The van der Waals surface area contributed by atoms with Gasteiger partial charge in [-0.3, -0.25) is 9.59 Å². The summed E-state index contributed by atoms with van der Waals surface area (Å²) in [5, 5.41) is 0. The maximum absolute atomic E-state index is 12.9. The van der Waals surface area contributed by atoms with Gasteiger partial charge in [0.15, 0.2) is 0 Å². The molecule has 4 N–H and O–H groups in total. The minimum Gasteiger partial charge on any atom is -0.368 e. The van der Waals surface area contributed by atoms with E-state index in [2.05, 4.69) is 6.92 Å². The Labute approximate surface area is 121 Å². The van der Waals surface area contributed by atoms with Crippen LogP contribution < -0.4 is 11.5 Å². The molecule has 0 aliphatic heterocycles. The summed E-state index contributed by atoms with van der Waals surface area (Å²) >= 11 is 0. The highest BCUT2D eigenvalue weighted by Crippen LogP contribution is 2.34.